The van der Waals surface area contributed by atoms with Gasteiger partial charge in [0, 0.05) is 13.6 Å². The van der Waals surface area contributed by atoms with Crippen LogP contribution in [0.3, 0.4) is 0 Å². The molecule has 2 heterocycles. The molecular formula is C14H23N5. The van der Waals surface area contributed by atoms with E-state index >= 15 is 0 Å². The lowest BCUT2D eigenvalue weighted by Crippen LogP contribution is -2.33. The number of aromatic nitrogens is 2. The average molecular weight is 261 g/mol. The molecule has 1 aliphatic heterocycles. The molecule has 0 amide bonds. The molecule has 1 aliphatic rings. The quantitative estimate of drug-likeness (QED) is 0.710. The minimum Gasteiger partial charge on any atom is -0.373 e. The molecule has 1 fully saturated rings. The Balaban J connectivity index is 2.30. The molecule has 1 saturated heterocycles. The third-order valence-corrected chi connectivity index (χ3v) is 3.49. The van der Waals surface area contributed by atoms with E-state index in [1.54, 1.807) is 0 Å². The molecule has 1 aromatic heterocycles. The van der Waals surface area contributed by atoms with E-state index in [1.807, 2.05) is 13.2 Å². The first kappa shape index (κ1) is 13.8. The first-order chi connectivity index (χ1) is 9.26. The smallest absolute Gasteiger partial charge is 0.130 e. The summed E-state index contributed by atoms with van der Waals surface area (Å²) in [7, 11) is 1.88. The summed E-state index contributed by atoms with van der Waals surface area (Å²) in [4.78, 5) is 4.91. The van der Waals surface area contributed by atoms with Gasteiger partial charge in [-0.1, -0.05) is 13.5 Å². The molecule has 5 nitrogen and oxygen atoms in total. The van der Waals surface area contributed by atoms with Gasteiger partial charge in [-0.15, -0.1) is 0 Å². The van der Waals surface area contributed by atoms with Crippen LogP contribution in [0, 0.1) is 0 Å². The summed E-state index contributed by atoms with van der Waals surface area (Å²) in [5.74, 6) is 0.900. The highest BCUT2D eigenvalue weighted by atomic mass is 15.2. The van der Waals surface area contributed by atoms with Crippen LogP contribution in [-0.4, -0.2) is 42.1 Å². The van der Waals surface area contributed by atoms with Gasteiger partial charge in [0.15, 0.2) is 0 Å². The molecule has 1 unspecified atom stereocenters. The molecule has 0 bridgehead atoms. The van der Waals surface area contributed by atoms with Crippen molar-refractivity contribution < 1.29 is 0 Å². The lowest BCUT2D eigenvalue weighted by atomic mass is 10.0. The van der Waals surface area contributed by atoms with Crippen molar-refractivity contribution >= 4 is 11.5 Å². The van der Waals surface area contributed by atoms with Crippen LogP contribution < -0.4 is 10.6 Å². The molecule has 3 N–H and O–H groups in total. The third kappa shape index (κ3) is 3.23. The molecule has 1 aromatic rings. The zero-order chi connectivity index (χ0) is 13.7. The van der Waals surface area contributed by atoms with Crippen molar-refractivity contribution in [3.8, 4) is 0 Å². The van der Waals surface area contributed by atoms with E-state index < -0.39 is 0 Å². The van der Waals surface area contributed by atoms with Gasteiger partial charge in [-0.05, 0) is 31.4 Å². The van der Waals surface area contributed by atoms with Crippen LogP contribution in [0.25, 0.3) is 0 Å². The Morgan fingerprint density at radius 1 is 1.63 bits per heavy atom. The number of nitrogens with zero attached hydrogens (tertiary/aromatic N) is 2. The molecule has 19 heavy (non-hydrogen) atoms. The summed E-state index contributed by atoms with van der Waals surface area (Å²) in [6, 6.07) is 0.339. The Hall–Kier alpha value is -1.62. The number of piperidine rings is 1. The molecule has 2 rings (SSSR count). The molecule has 5 heteroatoms. The second kappa shape index (κ2) is 6.52. The number of rotatable bonds is 5. The molecule has 0 radical (unpaired) electrons. The van der Waals surface area contributed by atoms with Crippen LogP contribution >= 0.6 is 0 Å². The summed E-state index contributed by atoms with van der Waals surface area (Å²) in [6.07, 6.45) is 5.04. The first-order valence-corrected chi connectivity index (χ1v) is 6.94. The number of hydrogen-bond donors (Lipinski definition) is 3. The fourth-order valence-electron chi connectivity index (χ4n) is 2.30. The molecule has 1 atom stereocenters. The first-order valence-electron chi connectivity index (χ1n) is 6.94. The summed E-state index contributed by atoms with van der Waals surface area (Å²) < 4.78 is 0. The average Bonchev–Trinajstić information content (AvgIpc) is 2.93. The fraction of sp³-hybridized carbons (Fsp3) is 0.571. The largest absolute Gasteiger partial charge is 0.373 e. The van der Waals surface area contributed by atoms with Crippen LogP contribution in [0.15, 0.2) is 23.3 Å². The lowest BCUT2D eigenvalue weighted by Gasteiger charge is -2.21. The van der Waals surface area contributed by atoms with Crippen LogP contribution in [0.1, 0.15) is 31.7 Å². The molecule has 0 aromatic carbocycles. The van der Waals surface area contributed by atoms with Crippen LogP contribution in [0.5, 0.6) is 0 Å². The third-order valence-electron chi connectivity index (χ3n) is 3.49. The Morgan fingerprint density at radius 3 is 3.11 bits per heavy atom. The minimum atomic E-state index is 0.339. The Bertz CT molecular complexity index is 454. The van der Waals surface area contributed by atoms with Gasteiger partial charge in [0.1, 0.15) is 5.82 Å². The lowest BCUT2D eigenvalue weighted by molar-refractivity contribution is 0.461. The van der Waals surface area contributed by atoms with E-state index in [4.69, 9.17) is 4.99 Å². The van der Waals surface area contributed by atoms with E-state index in [9.17, 15) is 0 Å². The highest BCUT2D eigenvalue weighted by Gasteiger charge is 2.17. The summed E-state index contributed by atoms with van der Waals surface area (Å²) >= 11 is 0. The van der Waals surface area contributed by atoms with Crippen molar-refractivity contribution in [3.63, 3.8) is 0 Å². The predicted octanol–water partition coefficient (Wildman–Crippen LogP) is 1.96. The zero-order valence-electron chi connectivity index (χ0n) is 11.8. The van der Waals surface area contributed by atoms with Gasteiger partial charge in [0.25, 0.3) is 0 Å². The van der Waals surface area contributed by atoms with Gasteiger partial charge in [-0.2, -0.15) is 5.10 Å². The van der Waals surface area contributed by atoms with E-state index in [0.717, 1.165) is 48.6 Å². The number of nitrogens with one attached hydrogen (secondary N) is 3. The Kier molecular flexibility index (Phi) is 4.74. The van der Waals surface area contributed by atoms with E-state index in [2.05, 4.69) is 34.3 Å². The van der Waals surface area contributed by atoms with E-state index in [1.165, 1.54) is 6.42 Å². The van der Waals surface area contributed by atoms with Gasteiger partial charge in [0.2, 0.25) is 0 Å². The second-order valence-electron chi connectivity index (χ2n) is 4.84. The summed E-state index contributed by atoms with van der Waals surface area (Å²) in [5, 5.41) is 13.6. The molecule has 104 valence electrons. The predicted molar refractivity (Wildman–Crippen MR) is 80.0 cm³/mol. The topological polar surface area (TPSA) is 65.1 Å². The number of anilines is 1. The maximum atomic E-state index is 4.91. The number of allylic oxidation sites excluding steroid dienone is 1. The second-order valence-corrected chi connectivity index (χ2v) is 4.84. The number of aliphatic imine (C=N–C) groups is 1. The highest BCUT2D eigenvalue weighted by molar-refractivity contribution is 6.14. The molecule has 0 saturated carbocycles. The molecular weight excluding hydrogens is 238 g/mol. The monoisotopic (exact) mass is 261 g/mol. The molecule has 0 aliphatic carbocycles. The minimum absolute atomic E-state index is 0.339. The van der Waals surface area contributed by atoms with Crippen molar-refractivity contribution in [2.75, 3.05) is 25.5 Å². The Labute approximate surface area is 114 Å². The zero-order valence-corrected chi connectivity index (χ0v) is 11.8. The maximum Gasteiger partial charge on any atom is 0.130 e. The summed E-state index contributed by atoms with van der Waals surface area (Å²) in [6.45, 7) is 8.31. The fourth-order valence-corrected chi connectivity index (χ4v) is 2.30. The van der Waals surface area contributed by atoms with Gasteiger partial charge < -0.3 is 10.6 Å². The van der Waals surface area contributed by atoms with Gasteiger partial charge >= 0.3 is 0 Å². The van der Waals surface area contributed by atoms with E-state index in [0.29, 0.717) is 6.04 Å². The van der Waals surface area contributed by atoms with Crippen molar-refractivity contribution in [1.82, 2.24) is 15.5 Å². The van der Waals surface area contributed by atoms with Gasteiger partial charge in [0.05, 0.1) is 23.5 Å². The number of H-pyrrole nitrogens is 1. The highest BCUT2D eigenvalue weighted by Crippen LogP contribution is 2.19. The van der Waals surface area contributed by atoms with Crippen molar-refractivity contribution in [2.24, 2.45) is 4.99 Å². The van der Waals surface area contributed by atoms with Crippen LogP contribution in [0.2, 0.25) is 0 Å². The maximum absolute atomic E-state index is 4.91. The summed E-state index contributed by atoms with van der Waals surface area (Å²) in [5.41, 5.74) is 3.05. The van der Waals surface area contributed by atoms with Crippen LogP contribution in [-0.2, 0) is 0 Å². The number of aromatic amines is 1. The number of hydrogen-bond acceptors (Lipinski definition) is 4. The normalized spacial score (nSPS) is 20.3. The SMILES string of the molecule is C=C(CC)C(=NC1CCCNC1)c1cn[nH]c1NC. The standard InChI is InChI=1S/C14H23N5/c1-4-10(2)13(12-9-17-19-14(12)15-3)18-11-6-5-7-16-8-11/h9,11,16H,2,4-8H2,1,3H3,(H2,15,17,19). The van der Waals surface area contributed by atoms with Gasteiger partial charge in [-0.3, -0.25) is 10.1 Å². The van der Waals surface area contributed by atoms with Crippen molar-refractivity contribution in [1.29, 1.82) is 0 Å². The van der Waals surface area contributed by atoms with Gasteiger partial charge in [-0.25, -0.2) is 0 Å². The molecule has 0 spiro atoms. The van der Waals surface area contributed by atoms with E-state index in [-0.39, 0.29) is 0 Å². The Morgan fingerprint density at radius 2 is 2.47 bits per heavy atom. The van der Waals surface area contributed by atoms with Crippen molar-refractivity contribution in [3.05, 3.63) is 23.9 Å². The van der Waals surface area contributed by atoms with Crippen LogP contribution in [0.4, 0.5) is 5.82 Å². The van der Waals surface area contributed by atoms with Crippen molar-refractivity contribution in [2.45, 2.75) is 32.2 Å².